The number of anilines is 1. The highest BCUT2D eigenvalue weighted by Gasteiger charge is 2.18. The molecule has 3 aromatic heterocycles. The number of ether oxygens (including phenoxy) is 1. The van der Waals surface area contributed by atoms with Gasteiger partial charge in [0.15, 0.2) is 5.82 Å². The van der Waals surface area contributed by atoms with E-state index in [1.807, 2.05) is 54.6 Å². The van der Waals surface area contributed by atoms with Crippen LogP contribution in [-0.2, 0) is 29.4 Å². The van der Waals surface area contributed by atoms with Gasteiger partial charge in [0.1, 0.15) is 21.3 Å². The fourth-order valence-electron chi connectivity index (χ4n) is 4.55. The standard InChI is InChI=1S/C26H27N5O3S2/c1-34-19-11-9-17(10-12-19)16-22-30-23-24(20-7-2-3-8-21(20)29-25(23)27)31(22)14-5-4-6-18-13-15-35-26(18)36(28,32)33/h2-3,7-13,15H,4-6,14,16H2,1H3,(H2,27,29)(H2,28,32,33). The van der Waals surface area contributed by atoms with Crippen LogP contribution in [0.5, 0.6) is 5.75 Å². The molecule has 3 heterocycles. The summed E-state index contributed by atoms with van der Waals surface area (Å²) in [5, 5.41) is 8.14. The molecule has 0 saturated heterocycles. The minimum absolute atomic E-state index is 0.251. The molecule has 0 fully saturated rings. The minimum atomic E-state index is -3.70. The molecule has 0 bridgehead atoms. The Bertz CT molecular complexity index is 1640. The van der Waals surface area contributed by atoms with E-state index < -0.39 is 10.0 Å². The highest BCUT2D eigenvalue weighted by atomic mass is 32.2. The third kappa shape index (κ3) is 4.79. The smallest absolute Gasteiger partial charge is 0.247 e. The number of pyridine rings is 1. The van der Waals surface area contributed by atoms with Crippen LogP contribution in [0.1, 0.15) is 29.8 Å². The fraction of sp³-hybridized carbons (Fsp3) is 0.231. The van der Waals surface area contributed by atoms with Crippen molar-refractivity contribution < 1.29 is 13.2 Å². The lowest BCUT2D eigenvalue weighted by Gasteiger charge is -2.12. The Kier molecular flexibility index (Phi) is 6.65. The van der Waals surface area contributed by atoms with Gasteiger partial charge in [-0.3, -0.25) is 0 Å². The number of nitrogens with zero attached hydrogens (tertiary/aromatic N) is 3. The van der Waals surface area contributed by atoms with Crippen molar-refractivity contribution >= 4 is 49.1 Å². The lowest BCUT2D eigenvalue weighted by Crippen LogP contribution is -2.12. The summed E-state index contributed by atoms with van der Waals surface area (Å²) in [6.45, 7) is 0.713. The van der Waals surface area contributed by atoms with E-state index in [1.54, 1.807) is 12.5 Å². The Labute approximate surface area is 213 Å². The van der Waals surface area contributed by atoms with Crippen LogP contribution in [0, 0.1) is 0 Å². The number of nitrogen functional groups attached to an aromatic ring is 1. The van der Waals surface area contributed by atoms with Gasteiger partial charge in [-0.1, -0.05) is 30.3 Å². The molecule has 0 aliphatic heterocycles. The molecular formula is C26H27N5O3S2. The number of benzene rings is 2. The predicted octanol–water partition coefficient (Wildman–Crippen LogP) is 4.50. The van der Waals surface area contributed by atoms with Gasteiger partial charge in [-0.15, -0.1) is 11.3 Å². The molecule has 2 aromatic carbocycles. The number of para-hydroxylation sites is 1. The average molecular weight is 522 g/mol. The lowest BCUT2D eigenvalue weighted by atomic mass is 10.1. The predicted molar refractivity (Wildman–Crippen MR) is 144 cm³/mol. The minimum Gasteiger partial charge on any atom is -0.497 e. The lowest BCUT2D eigenvalue weighted by molar-refractivity contribution is 0.414. The summed E-state index contributed by atoms with van der Waals surface area (Å²) in [5.74, 6) is 2.12. The Hall–Kier alpha value is -3.47. The van der Waals surface area contributed by atoms with E-state index in [-0.39, 0.29) is 4.21 Å². The maximum absolute atomic E-state index is 11.8. The maximum Gasteiger partial charge on any atom is 0.247 e. The second-order valence-corrected chi connectivity index (χ2v) is 11.3. The highest BCUT2D eigenvalue weighted by Crippen LogP contribution is 2.30. The van der Waals surface area contributed by atoms with Gasteiger partial charge in [-0.05, 0) is 60.0 Å². The van der Waals surface area contributed by atoms with Crippen molar-refractivity contribution in [3.8, 4) is 5.75 Å². The molecule has 5 rings (SSSR count). The number of thiophene rings is 1. The number of rotatable bonds is 9. The molecule has 0 saturated carbocycles. The maximum atomic E-state index is 11.8. The zero-order valence-corrected chi connectivity index (χ0v) is 21.5. The second kappa shape index (κ2) is 9.88. The third-order valence-electron chi connectivity index (χ3n) is 6.25. The number of hydrogen-bond donors (Lipinski definition) is 2. The van der Waals surface area contributed by atoms with Crippen molar-refractivity contribution in [2.75, 3.05) is 12.8 Å². The first-order valence-corrected chi connectivity index (χ1v) is 14.0. The summed E-state index contributed by atoms with van der Waals surface area (Å²) in [6, 6.07) is 17.7. The second-order valence-electron chi connectivity index (χ2n) is 8.65. The Morgan fingerprint density at radius 3 is 2.56 bits per heavy atom. The summed E-state index contributed by atoms with van der Waals surface area (Å²) in [7, 11) is -2.05. The van der Waals surface area contributed by atoms with Gasteiger partial charge in [0.25, 0.3) is 0 Å². The molecule has 0 aliphatic rings. The first-order chi connectivity index (χ1) is 17.3. The average Bonchev–Trinajstić information content (AvgIpc) is 3.48. The van der Waals surface area contributed by atoms with Crippen LogP contribution in [0.15, 0.2) is 64.2 Å². The summed E-state index contributed by atoms with van der Waals surface area (Å²) < 4.78 is 31.5. The fourth-order valence-corrected chi connectivity index (χ4v) is 6.47. The highest BCUT2D eigenvalue weighted by molar-refractivity contribution is 7.91. The summed E-state index contributed by atoms with van der Waals surface area (Å²) >= 11 is 1.17. The number of primary sulfonamides is 1. The largest absolute Gasteiger partial charge is 0.497 e. The zero-order valence-electron chi connectivity index (χ0n) is 19.8. The van der Waals surface area contributed by atoms with E-state index in [4.69, 9.17) is 20.6 Å². The topological polar surface area (TPSA) is 126 Å². The molecule has 0 amide bonds. The normalized spacial score (nSPS) is 11.9. The van der Waals surface area contributed by atoms with Gasteiger partial charge in [-0.2, -0.15) is 0 Å². The summed E-state index contributed by atoms with van der Waals surface area (Å²) in [4.78, 5) is 9.49. The van der Waals surface area contributed by atoms with Crippen LogP contribution in [0.4, 0.5) is 5.82 Å². The van der Waals surface area contributed by atoms with Crippen molar-refractivity contribution in [3.05, 3.63) is 76.9 Å². The molecule has 10 heteroatoms. The molecule has 0 atom stereocenters. The van der Waals surface area contributed by atoms with Gasteiger partial charge in [0.2, 0.25) is 10.0 Å². The quantitative estimate of drug-likeness (QED) is 0.275. The van der Waals surface area contributed by atoms with E-state index in [9.17, 15) is 8.42 Å². The van der Waals surface area contributed by atoms with Gasteiger partial charge in [0, 0.05) is 18.4 Å². The summed E-state index contributed by atoms with van der Waals surface area (Å²) in [6.07, 6.45) is 2.91. The van der Waals surface area contributed by atoms with Gasteiger partial charge in [0.05, 0.1) is 18.1 Å². The number of sulfonamides is 1. The monoisotopic (exact) mass is 521 g/mol. The van der Waals surface area contributed by atoms with Crippen molar-refractivity contribution in [3.63, 3.8) is 0 Å². The van der Waals surface area contributed by atoms with Crippen LogP contribution in [-0.4, -0.2) is 30.1 Å². The number of methoxy groups -OCH3 is 1. The molecule has 186 valence electrons. The van der Waals surface area contributed by atoms with E-state index in [0.717, 1.165) is 52.0 Å². The van der Waals surface area contributed by atoms with Gasteiger partial charge >= 0.3 is 0 Å². The zero-order chi connectivity index (χ0) is 25.3. The van der Waals surface area contributed by atoms with E-state index in [0.29, 0.717) is 30.7 Å². The SMILES string of the molecule is COc1ccc(Cc2nc3c(N)nc4ccccc4c3n2CCCCc2ccsc2S(N)(=O)=O)cc1. The van der Waals surface area contributed by atoms with Crippen molar-refractivity contribution in [1.29, 1.82) is 0 Å². The van der Waals surface area contributed by atoms with Crippen LogP contribution in [0.2, 0.25) is 0 Å². The molecule has 5 aromatic rings. The number of aryl methyl sites for hydroxylation is 2. The number of nitrogens with two attached hydrogens (primary N) is 2. The van der Waals surface area contributed by atoms with E-state index in [2.05, 4.69) is 9.55 Å². The third-order valence-corrected chi connectivity index (χ3v) is 8.77. The van der Waals surface area contributed by atoms with Crippen molar-refractivity contribution in [2.24, 2.45) is 5.14 Å². The van der Waals surface area contributed by atoms with Crippen LogP contribution in [0.3, 0.4) is 0 Å². The van der Waals surface area contributed by atoms with E-state index in [1.165, 1.54) is 11.3 Å². The summed E-state index contributed by atoms with van der Waals surface area (Å²) in [5.41, 5.74) is 10.7. The number of imidazole rings is 1. The Morgan fingerprint density at radius 1 is 1.03 bits per heavy atom. The number of unbranched alkanes of at least 4 members (excludes halogenated alkanes) is 1. The molecule has 8 nitrogen and oxygen atoms in total. The first-order valence-electron chi connectivity index (χ1n) is 11.6. The van der Waals surface area contributed by atoms with Gasteiger partial charge in [-0.25, -0.2) is 23.5 Å². The molecule has 0 unspecified atom stereocenters. The Morgan fingerprint density at radius 2 is 1.81 bits per heavy atom. The van der Waals surface area contributed by atoms with Crippen LogP contribution in [0.25, 0.3) is 21.9 Å². The van der Waals surface area contributed by atoms with Crippen LogP contribution >= 0.6 is 11.3 Å². The van der Waals surface area contributed by atoms with E-state index >= 15 is 0 Å². The Balaban J connectivity index is 1.47. The molecule has 36 heavy (non-hydrogen) atoms. The van der Waals surface area contributed by atoms with Gasteiger partial charge < -0.3 is 15.0 Å². The molecule has 4 N–H and O–H groups in total. The number of aromatic nitrogens is 3. The molecule has 0 radical (unpaired) electrons. The molecular weight excluding hydrogens is 494 g/mol. The number of fused-ring (bicyclic) bond motifs is 3. The first kappa shape index (κ1) is 24.2. The van der Waals surface area contributed by atoms with Crippen LogP contribution < -0.4 is 15.6 Å². The van der Waals surface area contributed by atoms with Crippen molar-refractivity contribution in [1.82, 2.24) is 14.5 Å². The molecule has 0 spiro atoms. The number of hydrogen-bond acceptors (Lipinski definition) is 7. The van der Waals surface area contributed by atoms with Crippen molar-refractivity contribution in [2.45, 2.75) is 36.4 Å². The molecule has 0 aliphatic carbocycles.